The van der Waals surface area contributed by atoms with Gasteiger partial charge < -0.3 is 15.0 Å². The Labute approximate surface area is 83.3 Å². The van der Waals surface area contributed by atoms with Crippen LogP contribution in [0.1, 0.15) is 5.76 Å². The minimum absolute atomic E-state index is 0.283. The number of hydrogen-bond acceptors (Lipinski definition) is 5. The highest BCUT2D eigenvalue weighted by molar-refractivity contribution is 9.10. The molecule has 0 aliphatic heterocycles. The van der Waals surface area contributed by atoms with Crippen molar-refractivity contribution in [2.24, 2.45) is 5.73 Å². The number of nitrogens with two attached hydrogens (primary N) is 1. The van der Waals surface area contributed by atoms with E-state index in [9.17, 15) is 4.79 Å². The van der Waals surface area contributed by atoms with Crippen molar-refractivity contribution in [2.45, 2.75) is 12.5 Å². The molecule has 0 radical (unpaired) electrons. The average molecular weight is 249 g/mol. The minimum Gasteiger partial charge on any atom is -0.468 e. The van der Waals surface area contributed by atoms with E-state index in [1.165, 1.54) is 7.11 Å². The van der Waals surface area contributed by atoms with E-state index in [-0.39, 0.29) is 6.42 Å². The van der Waals surface area contributed by atoms with Crippen molar-refractivity contribution in [2.75, 3.05) is 7.11 Å². The molecule has 0 aromatic carbocycles. The van der Waals surface area contributed by atoms with E-state index in [2.05, 4.69) is 25.8 Å². The molecule has 0 saturated carbocycles. The Morgan fingerprint density at radius 1 is 1.92 bits per heavy atom. The number of carbonyl (C=O) groups is 1. The Bertz CT molecular complexity index is 300. The fourth-order valence-electron chi connectivity index (χ4n) is 0.835. The lowest BCUT2D eigenvalue weighted by Crippen LogP contribution is -2.33. The third-order valence-corrected chi connectivity index (χ3v) is 1.83. The number of ether oxygens (including phenoxy) is 1. The van der Waals surface area contributed by atoms with Gasteiger partial charge in [0.25, 0.3) is 0 Å². The van der Waals surface area contributed by atoms with E-state index < -0.39 is 12.0 Å². The van der Waals surface area contributed by atoms with Gasteiger partial charge in [-0.25, -0.2) is 0 Å². The highest BCUT2D eigenvalue weighted by atomic mass is 79.9. The van der Waals surface area contributed by atoms with Crippen LogP contribution in [0, 0.1) is 0 Å². The molecule has 72 valence electrons. The number of rotatable bonds is 3. The molecule has 1 aromatic heterocycles. The van der Waals surface area contributed by atoms with Gasteiger partial charge >= 0.3 is 5.97 Å². The molecule has 0 spiro atoms. The van der Waals surface area contributed by atoms with E-state index >= 15 is 0 Å². The van der Waals surface area contributed by atoms with Crippen LogP contribution in [0.3, 0.4) is 0 Å². The zero-order valence-electron chi connectivity index (χ0n) is 6.99. The van der Waals surface area contributed by atoms with E-state index in [1.54, 1.807) is 6.07 Å². The number of carbonyl (C=O) groups excluding carboxylic acids is 1. The van der Waals surface area contributed by atoms with Crippen molar-refractivity contribution in [1.82, 2.24) is 5.16 Å². The second kappa shape index (κ2) is 4.38. The molecule has 2 N–H and O–H groups in total. The summed E-state index contributed by atoms with van der Waals surface area (Å²) in [7, 11) is 1.29. The summed E-state index contributed by atoms with van der Waals surface area (Å²) in [5, 5.41) is 3.59. The fourth-order valence-corrected chi connectivity index (χ4v) is 1.16. The molecule has 0 amide bonds. The molecule has 1 rings (SSSR count). The van der Waals surface area contributed by atoms with Crippen LogP contribution in [0.2, 0.25) is 0 Å². The molecule has 1 aromatic rings. The van der Waals surface area contributed by atoms with Crippen molar-refractivity contribution in [3.8, 4) is 0 Å². The van der Waals surface area contributed by atoms with Gasteiger partial charge in [-0.15, -0.1) is 0 Å². The molecule has 0 saturated heterocycles. The summed E-state index contributed by atoms with van der Waals surface area (Å²) in [6.07, 6.45) is 0.283. The van der Waals surface area contributed by atoms with Gasteiger partial charge in [0.1, 0.15) is 16.4 Å². The summed E-state index contributed by atoms with van der Waals surface area (Å²) in [6, 6.07) is 0.952. The molecule has 1 atom stereocenters. The van der Waals surface area contributed by atoms with Crippen molar-refractivity contribution < 1.29 is 14.1 Å². The Hall–Kier alpha value is -0.880. The number of hydrogen-bond donors (Lipinski definition) is 1. The van der Waals surface area contributed by atoms with Gasteiger partial charge in [-0.2, -0.15) is 0 Å². The second-order valence-corrected chi connectivity index (χ2v) is 3.26. The Morgan fingerprint density at radius 2 is 2.62 bits per heavy atom. The van der Waals surface area contributed by atoms with Crippen molar-refractivity contribution >= 4 is 21.9 Å². The summed E-state index contributed by atoms with van der Waals surface area (Å²) in [5.74, 6) is 0.0808. The Kier molecular flexibility index (Phi) is 3.44. The molecular formula is C7H9BrN2O3. The molecule has 0 aliphatic carbocycles. The topological polar surface area (TPSA) is 78.4 Å². The molecule has 0 aliphatic rings. The molecule has 0 bridgehead atoms. The SMILES string of the molecule is COC(=O)C(N)Cc1cc(Br)no1. The van der Waals surface area contributed by atoms with Crippen LogP contribution in [0.5, 0.6) is 0 Å². The molecule has 6 heteroatoms. The molecule has 1 heterocycles. The summed E-state index contributed by atoms with van der Waals surface area (Å²) in [5.41, 5.74) is 5.49. The van der Waals surface area contributed by atoms with Gasteiger partial charge in [0, 0.05) is 12.5 Å². The van der Waals surface area contributed by atoms with E-state index in [1.807, 2.05) is 0 Å². The third kappa shape index (κ3) is 2.82. The van der Waals surface area contributed by atoms with E-state index in [0.29, 0.717) is 10.4 Å². The van der Waals surface area contributed by atoms with Crippen LogP contribution in [0.15, 0.2) is 15.2 Å². The maximum Gasteiger partial charge on any atom is 0.323 e. The lowest BCUT2D eigenvalue weighted by molar-refractivity contribution is -0.142. The van der Waals surface area contributed by atoms with Gasteiger partial charge in [-0.1, -0.05) is 5.16 Å². The molecular weight excluding hydrogens is 240 g/mol. The summed E-state index contributed by atoms with van der Waals surface area (Å²) < 4.78 is 9.88. The quantitative estimate of drug-likeness (QED) is 0.788. The van der Waals surface area contributed by atoms with Crippen molar-refractivity contribution in [3.63, 3.8) is 0 Å². The van der Waals surface area contributed by atoms with E-state index in [4.69, 9.17) is 10.3 Å². The van der Waals surface area contributed by atoms with Crippen LogP contribution in [-0.4, -0.2) is 24.3 Å². The van der Waals surface area contributed by atoms with Gasteiger partial charge in [-0.3, -0.25) is 4.79 Å². The Balaban J connectivity index is 2.54. The van der Waals surface area contributed by atoms with Gasteiger partial charge in [0.15, 0.2) is 0 Å². The number of halogens is 1. The first-order valence-corrected chi connectivity index (χ1v) is 4.37. The number of nitrogens with zero attached hydrogens (tertiary/aromatic N) is 1. The number of aromatic nitrogens is 1. The predicted molar refractivity (Wildman–Crippen MR) is 47.9 cm³/mol. The molecule has 13 heavy (non-hydrogen) atoms. The monoisotopic (exact) mass is 248 g/mol. The van der Waals surface area contributed by atoms with Crippen LogP contribution >= 0.6 is 15.9 Å². The first-order chi connectivity index (χ1) is 6.13. The normalized spacial score (nSPS) is 12.5. The second-order valence-electron chi connectivity index (χ2n) is 2.45. The standard InChI is InChI=1S/C7H9BrN2O3/c1-12-7(11)5(9)2-4-3-6(8)10-13-4/h3,5H,2,9H2,1H3. The van der Waals surface area contributed by atoms with E-state index in [0.717, 1.165) is 0 Å². The van der Waals surface area contributed by atoms with Gasteiger partial charge in [0.05, 0.1) is 7.11 Å². The maximum atomic E-state index is 10.9. The van der Waals surface area contributed by atoms with Crippen molar-refractivity contribution in [1.29, 1.82) is 0 Å². The highest BCUT2D eigenvalue weighted by Gasteiger charge is 2.16. The van der Waals surface area contributed by atoms with Gasteiger partial charge in [-0.05, 0) is 15.9 Å². The van der Waals surface area contributed by atoms with Gasteiger partial charge in [0.2, 0.25) is 0 Å². The average Bonchev–Trinajstić information content (AvgIpc) is 2.49. The van der Waals surface area contributed by atoms with Crippen molar-refractivity contribution in [3.05, 3.63) is 16.4 Å². The largest absolute Gasteiger partial charge is 0.468 e. The highest BCUT2D eigenvalue weighted by Crippen LogP contribution is 2.11. The van der Waals surface area contributed by atoms with Crippen LogP contribution in [0.4, 0.5) is 0 Å². The summed E-state index contributed by atoms with van der Waals surface area (Å²) in [4.78, 5) is 10.9. The smallest absolute Gasteiger partial charge is 0.323 e. The van der Waals surface area contributed by atoms with Crippen LogP contribution in [0.25, 0.3) is 0 Å². The lowest BCUT2D eigenvalue weighted by Gasteiger charge is -2.05. The van der Waals surface area contributed by atoms with Crippen LogP contribution in [-0.2, 0) is 16.0 Å². The zero-order valence-corrected chi connectivity index (χ0v) is 8.58. The maximum absolute atomic E-state index is 10.9. The Morgan fingerprint density at radius 3 is 3.08 bits per heavy atom. The predicted octanol–water partition coefficient (Wildman–Crippen LogP) is 0.480. The third-order valence-electron chi connectivity index (χ3n) is 1.46. The summed E-state index contributed by atoms with van der Waals surface area (Å²) >= 11 is 3.11. The fraction of sp³-hybridized carbons (Fsp3) is 0.429. The first kappa shape index (κ1) is 10.2. The summed E-state index contributed by atoms with van der Waals surface area (Å²) in [6.45, 7) is 0. The molecule has 0 fully saturated rings. The zero-order chi connectivity index (χ0) is 9.84. The number of methoxy groups -OCH3 is 1. The molecule has 1 unspecified atom stereocenters. The number of esters is 1. The molecule has 5 nitrogen and oxygen atoms in total. The lowest BCUT2D eigenvalue weighted by atomic mass is 10.2. The van der Waals surface area contributed by atoms with Crippen LogP contribution < -0.4 is 5.73 Å². The minimum atomic E-state index is -0.704. The first-order valence-electron chi connectivity index (χ1n) is 3.58.